The Morgan fingerprint density at radius 3 is 2.88 bits per heavy atom. The van der Waals surface area contributed by atoms with Crippen molar-refractivity contribution in [2.45, 2.75) is 68.6 Å². The molecule has 3 fully saturated rings. The molecule has 1 amide bonds. The number of aliphatic hydroxyl groups is 1. The Hall–Kier alpha value is -2.38. The van der Waals surface area contributed by atoms with Crippen LogP contribution in [0.15, 0.2) is 23.8 Å². The average molecular weight is 439 g/mol. The molecule has 2 heterocycles. The van der Waals surface area contributed by atoms with Crippen molar-refractivity contribution in [2.24, 2.45) is 5.92 Å². The first-order valence-electron chi connectivity index (χ1n) is 11.8. The van der Waals surface area contributed by atoms with Crippen LogP contribution in [0.3, 0.4) is 0 Å². The lowest BCUT2D eigenvalue weighted by Gasteiger charge is -2.63. The molecule has 0 radical (unpaired) electrons. The van der Waals surface area contributed by atoms with Gasteiger partial charge >= 0.3 is 0 Å². The lowest BCUT2D eigenvalue weighted by atomic mass is 9.48. The number of piperidine rings is 1. The molecule has 2 aliphatic heterocycles. The zero-order valence-corrected chi connectivity index (χ0v) is 18.4. The Kier molecular flexibility index (Phi) is 4.31. The molecule has 5 aliphatic rings. The van der Waals surface area contributed by atoms with E-state index in [4.69, 9.17) is 4.74 Å². The van der Waals surface area contributed by atoms with Crippen molar-refractivity contribution in [3.63, 3.8) is 0 Å². The highest BCUT2D eigenvalue weighted by Crippen LogP contribution is 2.66. The third-order valence-electron chi connectivity index (χ3n) is 8.47. The van der Waals surface area contributed by atoms with E-state index < -0.39 is 17.1 Å². The van der Waals surface area contributed by atoms with Gasteiger partial charge in [-0.15, -0.1) is 0 Å². The van der Waals surface area contributed by atoms with Gasteiger partial charge in [0, 0.05) is 24.2 Å². The highest BCUT2D eigenvalue weighted by atomic mass is 16.5. The molecular weight excluding hydrogens is 408 g/mol. The van der Waals surface area contributed by atoms with Crippen LogP contribution in [0, 0.1) is 5.92 Å². The Morgan fingerprint density at radius 2 is 2.12 bits per heavy atom. The number of carbonyl (C=O) groups is 2. The van der Waals surface area contributed by atoms with Gasteiger partial charge in [0.2, 0.25) is 5.91 Å². The maximum Gasteiger partial charge on any atom is 0.244 e. The SMILES string of the molecule is CC(=O)CNC(=O)/C=C1\CC[C@@]2(O)[C@H]3Cc4ccc(O)c5c4[C@@]2(CCN3CC2CC2)[C@H]1O5. The topological polar surface area (TPSA) is 99.1 Å². The highest BCUT2D eigenvalue weighted by molar-refractivity contribution is 5.92. The van der Waals surface area contributed by atoms with Crippen LogP contribution < -0.4 is 10.1 Å². The maximum absolute atomic E-state index is 12.5. The monoisotopic (exact) mass is 438 g/mol. The van der Waals surface area contributed by atoms with Crippen molar-refractivity contribution in [3.05, 3.63) is 34.9 Å². The number of benzene rings is 1. The number of Topliss-reactive ketones (excluding diaryl/α,β-unsaturated/α-hetero) is 1. The standard InChI is InChI=1S/C25H30N2O5/c1-14(28)12-26-20(30)11-17-6-7-25(31)19-10-16-4-5-18(29)22-21(16)24(25,23(17)32-22)8-9-27(19)13-15-2-3-15/h4-5,11,15,19,23,29,31H,2-3,6-10,12-13H2,1H3,(H,26,30)/b17-11+/t19-,23+,24+,25-/m1/s1. The van der Waals surface area contributed by atoms with Crippen LogP contribution in [0.2, 0.25) is 0 Å². The molecule has 4 atom stereocenters. The maximum atomic E-state index is 12.5. The molecule has 170 valence electrons. The summed E-state index contributed by atoms with van der Waals surface area (Å²) in [6, 6.07) is 3.68. The molecule has 1 spiro atoms. The van der Waals surface area contributed by atoms with Crippen LogP contribution >= 0.6 is 0 Å². The van der Waals surface area contributed by atoms with Crippen LogP contribution in [-0.4, -0.2) is 64.2 Å². The third-order valence-corrected chi connectivity index (χ3v) is 8.47. The number of phenolic OH excluding ortho intramolecular Hbond substituents is 1. The molecule has 1 aromatic rings. The van der Waals surface area contributed by atoms with Gasteiger partial charge in [0.15, 0.2) is 11.5 Å². The first-order chi connectivity index (χ1) is 15.3. The summed E-state index contributed by atoms with van der Waals surface area (Å²) in [6.45, 7) is 3.34. The predicted molar refractivity (Wildman–Crippen MR) is 117 cm³/mol. The molecule has 1 aromatic carbocycles. The summed E-state index contributed by atoms with van der Waals surface area (Å²) < 4.78 is 6.40. The summed E-state index contributed by atoms with van der Waals surface area (Å²) in [6.07, 6.45) is 6.19. The number of nitrogens with zero attached hydrogens (tertiary/aromatic N) is 1. The Morgan fingerprint density at radius 1 is 1.31 bits per heavy atom. The van der Waals surface area contributed by atoms with E-state index in [9.17, 15) is 19.8 Å². The number of hydrogen-bond donors (Lipinski definition) is 3. The van der Waals surface area contributed by atoms with E-state index in [1.807, 2.05) is 6.07 Å². The van der Waals surface area contributed by atoms with Crippen molar-refractivity contribution >= 4 is 11.7 Å². The minimum Gasteiger partial charge on any atom is -0.504 e. The minimum atomic E-state index is -0.968. The molecule has 2 bridgehead atoms. The molecule has 32 heavy (non-hydrogen) atoms. The average Bonchev–Trinajstić information content (AvgIpc) is 3.49. The number of rotatable bonds is 5. The highest BCUT2D eigenvalue weighted by Gasteiger charge is 2.72. The van der Waals surface area contributed by atoms with Crippen LogP contribution in [0.25, 0.3) is 0 Å². The number of ether oxygens (including phenoxy) is 1. The van der Waals surface area contributed by atoms with Crippen LogP contribution in [-0.2, 0) is 21.4 Å². The fourth-order valence-electron chi connectivity index (χ4n) is 6.92. The molecule has 3 N–H and O–H groups in total. The molecular formula is C25H30N2O5. The number of nitrogens with one attached hydrogen (secondary N) is 1. The zero-order valence-electron chi connectivity index (χ0n) is 18.4. The van der Waals surface area contributed by atoms with Crippen LogP contribution in [0.4, 0.5) is 0 Å². The van der Waals surface area contributed by atoms with Gasteiger partial charge < -0.3 is 20.3 Å². The predicted octanol–water partition coefficient (Wildman–Crippen LogP) is 1.59. The van der Waals surface area contributed by atoms with Gasteiger partial charge in [-0.1, -0.05) is 6.07 Å². The minimum absolute atomic E-state index is 0.00736. The van der Waals surface area contributed by atoms with E-state index in [1.54, 1.807) is 12.1 Å². The van der Waals surface area contributed by atoms with Crippen molar-refractivity contribution in [1.29, 1.82) is 0 Å². The quantitative estimate of drug-likeness (QED) is 0.604. The molecule has 1 saturated heterocycles. The van der Waals surface area contributed by atoms with E-state index in [0.717, 1.165) is 48.5 Å². The fraction of sp³-hybridized carbons (Fsp3) is 0.600. The molecule has 7 nitrogen and oxygen atoms in total. The summed E-state index contributed by atoms with van der Waals surface area (Å²) in [4.78, 5) is 26.3. The Balaban J connectivity index is 1.44. The largest absolute Gasteiger partial charge is 0.504 e. The molecule has 6 rings (SSSR count). The number of hydrogen-bond acceptors (Lipinski definition) is 6. The lowest BCUT2D eigenvalue weighted by Crippen LogP contribution is -2.75. The fourth-order valence-corrected chi connectivity index (χ4v) is 6.92. The number of phenols is 1. The van der Waals surface area contributed by atoms with Gasteiger partial charge in [0.25, 0.3) is 0 Å². The van der Waals surface area contributed by atoms with Crippen molar-refractivity contribution in [3.8, 4) is 11.5 Å². The van der Waals surface area contributed by atoms with Crippen molar-refractivity contribution < 1.29 is 24.5 Å². The summed E-state index contributed by atoms with van der Waals surface area (Å²) in [7, 11) is 0. The van der Waals surface area contributed by atoms with Crippen LogP contribution in [0.5, 0.6) is 11.5 Å². The second-order valence-corrected chi connectivity index (χ2v) is 10.4. The number of aromatic hydroxyl groups is 1. The van der Waals surface area contributed by atoms with E-state index in [2.05, 4.69) is 10.2 Å². The van der Waals surface area contributed by atoms with E-state index >= 15 is 0 Å². The van der Waals surface area contributed by atoms with Gasteiger partial charge in [0.1, 0.15) is 11.9 Å². The molecule has 3 aliphatic carbocycles. The zero-order chi connectivity index (χ0) is 22.3. The smallest absolute Gasteiger partial charge is 0.244 e. The van der Waals surface area contributed by atoms with Gasteiger partial charge in [0.05, 0.1) is 17.6 Å². The van der Waals surface area contributed by atoms with E-state index in [0.29, 0.717) is 18.6 Å². The number of amides is 1. The normalized spacial score (nSPS) is 35.9. The molecule has 0 unspecified atom stereocenters. The number of carbonyl (C=O) groups excluding carboxylic acids is 2. The van der Waals surface area contributed by atoms with Crippen LogP contribution in [0.1, 0.15) is 50.2 Å². The number of likely N-dealkylation sites (tertiary alicyclic amines) is 1. The number of ketones is 1. The molecule has 0 aromatic heterocycles. The molecule has 7 heteroatoms. The summed E-state index contributed by atoms with van der Waals surface area (Å²) >= 11 is 0. The van der Waals surface area contributed by atoms with Gasteiger partial charge in [-0.2, -0.15) is 0 Å². The van der Waals surface area contributed by atoms with Gasteiger partial charge in [-0.05, 0) is 75.1 Å². The van der Waals surface area contributed by atoms with Gasteiger partial charge in [-0.3, -0.25) is 14.5 Å². The van der Waals surface area contributed by atoms with E-state index in [-0.39, 0.29) is 30.0 Å². The van der Waals surface area contributed by atoms with Gasteiger partial charge in [-0.25, -0.2) is 0 Å². The van der Waals surface area contributed by atoms with Crippen molar-refractivity contribution in [1.82, 2.24) is 10.2 Å². The summed E-state index contributed by atoms with van der Waals surface area (Å²) in [5, 5.41) is 25.6. The Bertz CT molecular complexity index is 1050. The Labute approximate surface area is 187 Å². The van der Waals surface area contributed by atoms with E-state index in [1.165, 1.54) is 19.8 Å². The lowest BCUT2D eigenvalue weighted by molar-refractivity contribution is -0.174. The first-order valence-corrected chi connectivity index (χ1v) is 11.8. The molecule has 2 saturated carbocycles. The summed E-state index contributed by atoms with van der Waals surface area (Å²) in [5.74, 6) is 0.875. The third kappa shape index (κ3) is 2.67. The second-order valence-electron chi connectivity index (χ2n) is 10.4. The first kappa shape index (κ1) is 20.2. The summed E-state index contributed by atoms with van der Waals surface area (Å²) in [5.41, 5.74) is 1.28. The second kappa shape index (κ2) is 6.81. The van der Waals surface area contributed by atoms with Crippen molar-refractivity contribution in [2.75, 3.05) is 19.6 Å².